The van der Waals surface area contributed by atoms with Gasteiger partial charge in [-0.25, -0.2) is 4.98 Å². The third-order valence-electron chi connectivity index (χ3n) is 1.24. The highest BCUT2D eigenvalue weighted by molar-refractivity contribution is 7.16. The van der Waals surface area contributed by atoms with E-state index in [1.165, 1.54) is 4.70 Å². The van der Waals surface area contributed by atoms with E-state index >= 15 is 0 Å². The van der Waals surface area contributed by atoms with Gasteiger partial charge < -0.3 is 0 Å². The van der Waals surface area contributed by atoms with Crippen LogP contribution in [0.15, 0.2) is 29.8 Å². The van der Waals surface area contributed by atoms with E-state index in [4.69, 9.17) is 0 Å². The van der Waals surface area contributed by atoms with Crippen LogP contribution in [0, 0.1) is 0 Å². The molecule has 1 nitrogen and oxygen atoms in total. The van der Waals surface area contributed by atoms with Crippen LogP contribution in [0.3, 0.4) is 0 Å². The van der Waals surface area contributed by atoms with E-state index in [-0.39, 0.29) is 9.90 Å². The number of fused-ring (bicyclic) bond motifs is 1. The van der Waals surface area contributed by atoms with Crippen molar-refractivity contribution < 1.29 is 0 Å². The maximum absolute atomic E-state index is 4.14. The zero-order chi connectivity index (χ0) is 6.10. The van der Waals surface area contributed by atoms with Crippen LogP contribution in [-0.4, -0.2) is 4.98 Å². The molecule has 2 aromatic rings. The molecule has 3 radical (unpaired) electrons. The Morgan fingerprint density at radius 2 is 2.00 bits per heavy atom. The lowest BCUT2D eigenvalue weighted by molar-refractivity contribution is 1.50. The van der Waals surface area contributed by atoms with Gasteiger partial charge in [0.05, 0.1) is 15.7 Å². The first-order valence-electron chi connectivity index (χ1n) is 2.75. The molecule has 0 atom stereocenters. The van der Waals surface area contributed by atoms with Crippen molar-refractivity contribution in [2.75, 3.05) is 0 Å². The smallest absolute Gasteiger partial charge is 0.0812 e. The second-order valence-electron chi connectivity index (χ2n) is 1.82. The third kappa shape index (κ3) is 1.18. The molecule has 0 aliphatic heterocycles. The Hall–Kier alpha value is -0.460. The summed E-state index contributed by atoms with van der Waals surface area (Å²) in [6.45, 7) is 0. The molecule has 0 saturated heterocycles. The lowest BCUT2D eigenvalue weighted by Gasteiger charge is -1.80. The molecule has 1 heterocycles. The minimum absolute atomic E-state index is 0. The molecular weight excluding hydrogens is 161 g/mol. The van der Waals surface area contributed by atoms with Crippen LogP contribution in [-0.2, 0) is 0 Å². The molecule has 2 rings (SSSR count). The molecule has 0 N–H and O–H groups in total. The van der Waals surface area contributed by atoms with Crippen molar-refractivity contribution in [1.82, 2.24) is 4.98 Å². The molecule has 10 heavy (non-hydrogen) atoms. The van der Waals surface area contributed by atoms with Gasteiger partial charge in [-0.05, 0) is 12.1 Å². The van der Waals surface area contributed by atoms with Gasteiger partial charge in [0, 0.05) is 9.90 Å². The van der Waals surface area contributed by atoms with Crippen molar-refractivity contribution in [3.8, 4) is 0 Å². The van der Waals surface area contributed by atoms with Crippen LogP contribution in [0.25, 0.3) is 10.2 Å². The number of thiazole rings is 1. The SMILES string of the molecule is [P].c1ccc2scnc2c1. The van der Waals surface area contributed by atoms with E-state index in [2.05, 4.69) is 11.1 Å². The second-order valence-corrected chi connectivity index (χ2v) is 2.71. The van der Waals surface area contributed by atoms with Crippen LogP contribution in [0.5, 0.6) is 0 Å². The molecule has 49 valence electrons. The highest BCUT2D eigenvalue weighted by Crippen LogP contribution is 2.15. The predicted octanol–water partition coefficient (Wildman–Crippen LogP) is 3.16. The summed E-state index contributed by atoms with van der Waals surface area (Å²) in [6.07, 6.45) is 0. The first-order chi connectivity index (χ1) is 4.47. The van der Waals surface area contributed by atoms with E-state index in [1.807, 2.05) is 23.7 Å². The van der Waals surface area contributed by atoms with E-state index in [0.717, 1.165) is 5.52 Å². The first-order valence-corrected chi connectivity index (χ1v) is 3.63. The van der Waals surface area contributed by atoms with Gasteiger partial charge in [0.2, 0.25) is 0 Å². The standard InChI is InChI=1S/C7H5NS.P/c1-2-4-7-6(3-1)8-5-9-7;/h1-5H;. The summed E-state index contributed by atoms with van der Waals surface area (Å²) < 4.78 is 1.26. The summed E-state index contributed by atoms with van der Waals surface area (Å²) in [5.41, 5.74) is 2.97. The van der Waals surface area contributed by atoms with E-state index in [1.54, 1.807) is 11.3 Å². The minimum Gasteiger partial charge on any atom is -0.245 e. The highest BCUT2D eigenvalue weighted by Gasteiger charge is 1.89. The average molecular weight is 166 g/mol. The van der Waals surface area contributed by atoms with Crippen molar-refractivity contribution in [1.29, 1.82) is 0 Å². The molecule has 0 unspecified atom stereocenters. The van der Waals surface area contributed by atoms with E-state index in [9.17, 15) is 0 Å². The first kappa shape index (κ1) is 7.64. The van der Waals surface area contributed by atoms with Crippen molar-refractivity contribution in [2.24, 2.45) is 0 Å². The summed E-state index contributed by atoms with van der Waals surface area (Å²) in [7, 11) is 0. The Balaban J connectivity index is 0.000000500. The minimum atomic E-state index is 0. The fraction of sp³-hybridized carbons (Fsp3) is 0. The van der Waals surface area contributed by atoms with Crippen molar-refractivity contribution in [2.45, 2.75) is 0 Å². The quantitative estimate of drug-likeness (QED) is 0.548. The summed E-state index contributed by atoms with van der Waals surface area (Å²) in [5.74, 6) is 0. The Bertz CT molecular complexity index is 288. The van der Waals surface area contributed by atoms with E-state index < -0.39 is 0 Å². The Kier molecular flexibility index (Phi) is 2.36. The summed E-state index contributed by atoms with van der Waals surface area (Å²) in [5, 5.41) is 0. The van der Waals surface area contributed by atoms with Gasteiger partial charge in [-0.1, -0.05) is 12.1 Å². The van der Waals surface area contributed by atoms with Crippen molar-refractivity contribution in [3.63, 3.8) is 0 Å². The second kappa shape index (κ2) is 3.09. The molecule has 0 spiro atoms. The summed E-state index contributed by atoms with van der Waals surface area (Å²) in [6, 6.07) is 8.13. The Labute approximate surface area is 66.7 Å². The summed E-state index contributed by atoms with van der Waals surface area (Å²) >= 11 is 1.68. The molecule has 0 aliphatic carbocycles. The number of aromatic nitrogens is 1. The van der Waals surface area contributed by atoms with Gasteiger partial charge in [0.15, 0.2) is 0 Å². The zero-order valence-electron chi connectivity index (χ0n) is 5.19. The fourth-order valence-corrected chi connectivity index (χ4v) is 1.48. The number of para-hydroxylation sites is 1. The third-order valence-corrected chi connectivity index (χ3v) is 2.05. The number of nitrogens with zero attached hydrogens (tertiary/aromatic N) is 1. The van der Waals surface area contributed by atoms with Gasteiger partial charge >= 0.3 is 0 Å². The van der Waals surface area contributed by atoms with Gasteiger partial charge in [-0.3, -0.25) is 0 Å². The number of hydrogen-bond donors (Lipinski definition) is 0. The molecule has 0 amide bonds. The van der Waals surface area contributed by atoms with E-state index in [0.29, 0.717) is 0 Å². The van der Waals surface area contributed by atoms with Crippen LogP contribution >= 0.6 is 21.2 Å². The molecule has 1 aromatic carbocycles. The molecule has 0 saturated carbocycles. The number of rotatable bonds is 0. The lowest BCUT2D eigenvalue weighted by atomic mass is 10.3. The normalized spacial score (nSPS) is 9.20. The fourth-order valence-electron chi connectivity index (χ4n) is 0.803. The largest absolute Gasteiger partial charge is 0.245 e. The number of hydrogen-bond acceptors (Lipinski definition) is 2. The predicted molar refractivity (Wildman–Crippen MR) is 46.5 cm³/mol. The van der Waals surface area contributed by atoms with Crippen molar-refractivity contribution in [3.05, 3.63) is 29.8 Å². The lowest BCUT2D eigenvalue weighted by Crippen LogP contribution is -1.61. The Morgan fingerprint density at radius 1 is 1.20 bits per heavy atom. The molecule has 0 fully saturated rings. The topological polar surface area (TPSA) is 12.9 Å². The van der Waals surface area contributed by atoms with Crippen LogP contribution in [0.2, 0.25) is 0 Å². The molecule has 0 bridgehead atoms. The van der Waals surface area contributed by atoms with Crippen LogP contribution < -0.4 is 0 Å². The molecule has 0 aliphatic rings. The maximum atomic E-state index is 4.14. The van der Waals surface area contributed by atoms with Crippen LogP contribution in [0.1, 0.15) is 0 Å². The number of benzene rings is 1. The van der Waals surface area contributed by atoms with Gasteiger partial charge in [-0.2, -0.15) is 0 Å². The average Bonchev–Trinajstić information content (AvgIpc) is 2.33. The maximum Gasteiger partial charge on any atom is 0.0812 e. The van der Waals surface area contributed by atoms with Gasteiger partial charge in [0.25, 0.3) is 0 Å². The van der Waals surface area contributed by atoms with Gasteiger partial charge in [0.1, 0.15) is 0 Å². The van der Waals surface area contributed by atoms with Crippen molar-refractivity contribution >= 4 is 31.5 Å². The van der Waals surface area contributed by atoms with Crippen LogP contribution in [0.4, 0.5) is 0 Å². The molecule has 3 heteroatoms. The molecule has 1 aromatic heterocycles. The zero-order valence-corrected chi connectivity index (χ0v) is 6.90. The summed E-state index contributed by atoms with van der Waals surface area (Å²) in [4.78, 5) is 4.14. The Morgan fingerprint density at radius 3 is 2.80 bits per heavy atom. The van der Waals surface area contributed by atoms with Gasteiger partial charge in [-0.15, -0.1) is 11.3 Å². The highest BCUT2D eigenvalue weighted by atomic mass is 32.1. The molecular formula is C7H5NPS. The monoisotopic (exact) mass is 166 g/mol.